The van der Waals surface area contributed by atoms with Gasteiger partial charge in [0.05, 0.1) is 21.8 Å². The van der Waals surface area contributed by atoms with Gasteiger partial charge in [0.2, 0.25) is 0 Å². The Hall–Kier alpha value is -1.91. The zero-order chi connectivity index (χ0) is 15.0. The summed E-state index contributed by atoms with van der Waals surface area (Å²) in [5.41, 5.74) is 2.16. The number of aromatic carboxylic acids is 1. The number of hydrogen-bond donors (Lipinski definition) is 1. The third kappa shape index (κ3) is 2.64. The summed E-state index contributed by atoms with van der Waals surface area (Å²) >= 11 is 9.52. The molecule has 0 aliphatic carbocycles. The van der Waals surface area contributed by atoms with E-state index in [4.69, 9.17) is 11.6 Å². The summed E-state index contributed by atoms with van der Waals surface area (Å²) in [6, 6.07) is 14.3. The summed E-state index contributed by atoms with van der Waals surface area (Å²) in [6.07, 6.45) is 0. The Morgan fingerprint density at radius 2 is 1.90 bits per heavy atom. The summed E-state index contributed by atoms with van der Waals surface area (Å²) < 4.78 is 0.907. The van der Waals surface area contributed by atoms with Gasteiger partial charge < -0.3 is 5.11 Å². The van der Waals surface area contributed by atoms with Crippen LogP contribution in [0, 0.1) is 0 Å². The van der Waals surface area contributed by atoms with Crippen LogP contribution in [0.25, 0.3) is 22.2 Å². The Morgan fingerprint density at radius 3 is 2.62 bits per heavy atom. The van der Waals surface area contributed by atoms with Gasteiger partial charge in [0.25, 0.3) is 0 Å². The lowest BCUT2D eigenvalue weighted by molar-refractivity contribution is 0.0699. The van der Waals surface area contributed by atoms with Crippen molar-refractivity contribution in [1.82, 2.24) is 4.98 Å². The van der Waals surface area contributed by atoms with E-state index in [2.05, 4.69) is 20.9 Å². The second-order valence-electron chi connectivity index (χ2n) is 4.50. The third-order valence-electron chi connectivity index (χ3n) is 3.13. The van der Waals surface area contributed by atoms with Crippen LogP contribution in [0.15, 0.2) is 53.0 Å². The van der Waals surface area contributed by atoms with E-state index in [1.807, 2.05) is 24.3 Å². The van der Waals surface area contributed by atoms with Crippen molar-refractivity contribution in [2.24, 2.45) is 0 Å². The highest BCUT2D eigenvalue weighted by Gasteiger charge is 2.15. The number of rotatable bonds is 2. The third-order valence-corrected chi connectivity index (χ3v) is 3.94. The lowest BCUT2D eigenvalue weighted by Crippen LogP contribution is -2.00. The zero-order valence-corrected chi connectivity index (χ0v) is 13.0. The second-order valence-corrected chi connectivity index (χ2v) is 5.83. The number of carboxylic acid groups (broad SMARTS) is 1. The topological polar surface area (TPSA) is 50.2 Å². The average Bonchev–Trinajstić information content (AvgIpc) is 2.46. The molecule has 3 aromatic rings. The van der Waals surface area contributed by atoms with Gasteiger partial charge in [-0.1, -0.05) is 45.7 Å². The maximum Gasteiger partial charge on any atom is 0.336 e. The van der Waals surface area contributed by atoms with Crippen LogP contribution in [0.2, 0.25) is 5.02 Å². The summed E-state index contributed by atoms with van der Waals surface area (Å²) in [5, 5.41) is 10.3. The van der Waals surface area contributed by atoms with Gasteiger partial charge in [-0.3, -0.25) is 0 Å². The molecule has 0 aliphatic heterocycles. The van der Waals surface area contributed by atoms with Gasteiger partial charge in [0.15, 0.2) is 0 Å². The highest BCUT2D eigenvalue weighted by atomic mass is 79.9. The van der Waals surface area contributed by atoms with Crippen molar-refractivity contribution < 1.29 is 9.90 Å². The van der Waals surface area contributed by atoms with Crippen LogP contribution in [0.4, 0.5) is 0 Å². The van der Waals surface area contributed by atoms with Gasteiger partial charge in [-0.2, -0.15) is 0 Å². The van der Waals surface area contributed by atoms with Gasteiger partial charge in [-0.15, -0.1) is 0 Å². The van der Waals surface area contributed by atoms with Crippen molar-refractivity contribution >= 4 is 44.4 Å². The molecule has 0 fully saturated rings. The molecule has 0 radical (unpaired) electrons. The molecule has 5 heteroatoms. The predicted molar refractivity (Wildman–Crippen MR) is 86.8 cm³/mol. The largest absolute Gasteiger partial charge is 0.478 e. The summed E-state index contributed by atoms with van der Waals surface area (Å²) in [6.45, 7) is 0. The molecule has 0 atom stereocenters. The molecule has 2 aromatic carbocycles. The Bertz CT molecular complexity index is 864. The SMILES string of the molecule is O=C(O)c1cc(-c2cccc(Br)c2)nc2cccc(Cl)c12. The van der Waals surface area contributed by atoms with Gasteiger partial charge in [-0.25, -0.2) is 9.78 Å². The Morgan fingerprint density at radius 1 is 1.14 bits per heavy atom. The highest BCUT2D eigenvalue weighted by molar-refractivity contribution is 9.10. The van der Waals surface area contributed by atoms with Gasteiger partial charge in [0, 0.05) is 15.4 Å². The standard InChI is InChI=1S/C16H9BrClNO2/c17-10-4-1-3-9(7-10)14-8-11(16(20)21)15-12(18)5-2-6-13(15)19-14/h1-8H,(H,20,21). The van der Waals surface area contributed by atoms with E-state index in [-0.39, 0.29) is 5.56 Å². The smallest absolute Gasteiger partial charge is 0.336 e. The molecule has 0 aliphatic rings. The first-order valence-electron chi connectivity index (χ1n) is 6.15. The molecule has 0 spiro atoms. The molecule has 0 saturated carbocycles. The van der Waals surface area contributed by atoms with Crippen LogP contribution in [0.5, 0.6) is 0 Å². The van der Waals surface area contributed by atoms with Crippen molar-refractivity contribution in [1.29, 1.82) is 0 Å². The number of carbonyl (C=O) groups is 1. The number of hydrogen-bond acceptors (Lipinski definition) is 2. The molecule has 21 heavy (non-hydrogen) atoms. The maximum atomic E-state index is 11.5. The number of pyridine rings is 1. The van der Waals surface area contributed by atoms with Crippen LogP contribution in [0.1, 0.15) is 10.4 Å². The molecule has 3 rings (SSSR count). The Kier molecular flexibility index (Phi) is 3.66. The number of nitrogens with zero attached hydrogens (tertiary/aromatic N) is 1. The predicted octanol–water partition coefficient (Wildman–Crippen LogP) is 5.02. The van der Waals surface area contributed by atoms with E-state index in [0.29, 0.717) is 21.6 Å². The normalized spacial score (nSPS) is 10.8. The number of halogens is 2. The first-order chi connectivity index (χ1) is 10.1. The second kappa shape index (κ2) is 5.47. The van der Waals surface area contributed by atoms with Crippen LogP contribution < -0.4 is 0 Å². The molecule has 1 heterocycles. The Labute approximate surface area is 134 Å². The Balaban J connectivity index is 2.34. The molecule has 3 nitrogen and oxygen atoms in total. The van der Waals surface area contributed by atoms with Crippen LogP contribution in [0.3, 0.4) is 0 Å². The fourth-order valence-corrected chi connectivity index (χ4v) is 2.88. The first-order valence-corrected chi connectivity index (χ1v) is 7.32. The lowest BCUT2D eigenvalue weighted by atomic mass is 10.0. The molecule has 104 valence electrons. The van der Waals surface area contributed by atoms with E-state index in [9.17, 15) is 9.90 Å². The van der Waals surface area contributed by atoms with Crippen molar-refractivity contribution in [2.45, 2.75) is 0 Å². The lowest BCUT2D eigenvalue weighted by Gasteiger charge is -2.08. The van der Waals surface area contributed by atoms with E-state index in [1.165, 1.54) is 0 Å². The molecule has 0 saturated heterocycles. The van der Waals surface area contributed by atoms with Crippen molar-refractivity contribution in [2.75, 3.05) is 0 Å². The zero-order valence-electron chi connectivity index (χ0n) is 10.7. The maximum absolute atomic E-state index is 11.5. The van der Waals surface area contributed by atoms with Crippen LogP contribution in [-0.4, -0.2) is 16.1 Å². The van der Waals surface area contributed by atoms with Crippen molar-refractivity contribution in [3.05, 3.63) is 63.6 Å². The molecule has 0 unspecified atom stereocenters. The van der Waals surface area contributed by atoms with E-state index >= 15 is 0 Å². The minimum Gasteiger partial charge on any atom is -0.478 e. The summed E-state index contributed by atoms with van der Waals surface area (Å²) in [7, 11) is 0. The molecule has 1 aromatic heterocycles. The van der Waals surface area contributed by atoms with E-state index in [1.54, 1.807) is 24.3 Å². The van der Waals surface area contributed by atoms with Gasteiger partial charge in [-0.05, 0) is 30.3 Å². The number of carboxylic acids is 1. The minimum absolute atomic E-state index is 0.153. The number of fused-ring (bicyclic) bond motifs is 1. The van der Waals surface area contributed by atoms with Gasteiger partial charge in [0.1, 0.15) is 0 Å². The van der Waals surface area contributed by atoms with Crippen LogP contribution >= 0.6 is 27.5 Å². The highest BCUT2D eigenvalue weighted by Crippen LogP contribution is 2.30. The van der Waals surface area contributed by atoms with Crippen molar-refractivity contribution in [3.63, 3.8) is 0 Å². The molecule has 0 bridgehead atoms. The average molecular weight is 363 g/mol. The number of aromatic nitrogens is 1. The quantitative estimate of drug-likeness (QED) is 0.696. The first kappa shape index (κ1) is 14.0. The van der Waals surface area contributed by atoms with E-state index < -0.39 is 5.97 Å². The van der Waals surface area contributed by atoms with Crippen molar-refractivity contribution in [3.8, 4) is 11.3 Å². The summed E-state index contributed by atoms with van der Waals surface area (Å²) in [5.74, 6) is -1.02. The molecule has 1 N–H and O–H groups in total. The fourth-order valence-electron chi connectivity index (χ4n) is 2.21. The van der Waals surface area contributed by atoms with E-state index in [0.717, 1.165) is 10.0 Å². The fraction of sp³-hybridized carbons (Fsp3) is 0. The minimum atomic E-state index is -1.02. The number of benzene rings is 2. The molecular formula is C16H9BrClNO2. The molecule has 0 amide bonds. The summed E-state index contributed by atoms with van der Waals surface area (Å²) in [4.78, 5) is 16.0. The molecular weight excluding hydrogens is 354 g/mol. The van der Waals surface area contributed by atoms with Crippen LogP contribution in [-0.2, 0) is 0 Å². The van der Waals surface area contributed by atoms with Gasteiger partial charge >= 0.3 is 5.97 Å². The monoisotopic (exact) mass is 361 g/mol.